The summed E-state index contributed by atoms with van der Waals surface area (Å²) in [6, 6.07) is 3.70. The van der Waals surface area contributed by atoms with Gasteiger partial charge < -0.3 is 20.6 Å². The fourth-order valence-corrected chi connectivity index (χ4v) is 3.55. The van der Waals surface area contributed by atoms with E-state index in [9.17, 15) is 9.90 Å². The molecule has 1 saturated heterocycles. The largest absolute Gasteiger partial charge is 0.386 e. The predicted molar refractivity (Wildman–Crippen MR) is 94.7 cm³/mol. The van der Waals surface area contributed by atoms with Crippen molar-refractivity contribution in [3.05, 3.63) is 34.3 Å². The van der Waals surface area contributed by atoms with Crippen molar-refractivity contribution in [3.63, 3.8) is 0 Å². The van der Waals surface area contributed by atoms with Crippen LogP contribution in [-0.2, 0) is 0 Å². The van der Waals surface area contributed by atoms with Gasteiger partial charge in [0.15, 0.2) is 0 Å². The number of hydrogen-bond donors (Lipinski definition) is 3. The number of thiophene rings is 1. The molecule has 0 saturated carbocycles. The highest BCUT2D eigenvalue weighted by Crippen LogP contribution is 2.26. The summed E-state index contributed by atoms with van der Waals surface area (Å²) < 4.78 is 0. The molecule has 1 amide bonds. The van der Waals surface area contributed by atoms with Crippen LogP contribution < -0.4 is 15.5 Å². The molecule has 0 bridgehead atoms. The second-order valence-electron chi connectivity index (χ2n) is 6.08. The van der Waals surface area contributed by atoms with Crippen LogP contribution in [0.2, 0.25) is 0 Å². The van der Waals surface area contributed by atoms with E-state index in [4.69, 9.17) is 0 Å². The van der Waals surface area contributed by atoms with E-state index in [0.717, 1.165) is 17.2 Å². The van der Waals surface area contributed by atoms with Gasteiger partial charge in [0.2, 0.25) is 0 Å². The third-order valence-corrected chi connectivity index (χ3v) is 5.14. The lowest BCUT2D eigenvalue weighted by molar-refractivity contribution is 0.0577. The number of rotatable bonds is 5. The van der Waals surface area contributed by atoms with Gasteiger partial charge in [0.05, 0.1) is 4.88 Å². The lowest BCUT2D eigenvalue weighted by atomic mass is 10.0. The number of nitrogens with zero attached hydrogens (tertiary/aromatic N) is 3. The molecule has 3 heterocycles. The molecule has 0 radical (unpaired) electrons. The minimum absolute atomic E-state index is 0.139. The number of amides is 1. The van der Waals surface area contributed by atoms with Gasteiger partial charge in [-0.2, -0.15) is 0 Å². The second kappa shape index (κ2) is 6.74. The van der Waals surface area contributed by atoms with Crippen LogP contribution in [-0.4, -0.2) is 53.3 Å². The van der Waals surface area contributed by atoms with Crippen LogP contribution in [0, 0.1) is 6.92 Å². The van der Waals surface area contributed by atoms with E-state index in [1.165, 1.54) is 17.7 Å². The molecule has 8 heteroatoms. The number of aliphatic hydroxyl groups is 1. The molecular weight excluding hydrogens is 326 g/mol. The van der Waals surface area contributed by atoms with Crippen LogP contribution in [0.25, 0.3) is 0 Å². The van der Waals surface area contributed by atoms with Gasteiger partial charge in [-0.3, -0.25) is 4.79 Å². The average molecular weight is 347 g/mol. The Hall–Kier alpha value is -2.19. The van der Waals surface area contributed by atoms with E-state index >= 15 is 0 Å². The maximum Gasteiger partial charge on any atom is 0.261 e. The van der Waals surface area contributed by atoms with E-state index in [1.54, 1.807) is 7.05 Å². The Kier molecular flexibility index (Phi) is 4.68. The molecule has 1 atom stereocenters. The molecule has 0 aromatic carbocycles. The summed E-state index contributed by atoms with van der Waals surface area (Å²) >= 11 is 1.41. The van der Waals surface area contributed by atoms with Crippen molar-refractivity contribution in [1.82, 2.24) is 15.3 Å². The highest BCUT2D eigenvalue weighted by atomic mass is 32.1. The first-order valence-corrected chi connectivity index (χ1v) is 8.67. The SMILES string of the molecule is CNc1cc(N2CC[C@](O)(CNC(=O)c3cc(C)cs3)C2)ncn1. The van der Waals surface area contributed by atoms with Crippen LogP contribution in [0.4, 0.5) is 11.6 Å². The molecule has 0 aliphatic carbocycles. The monoisotopic (exact) mass is 347 g/mol. The van der Waals surface area contributed by atoms with Crippen LogP contribution in [0.5, 0.6) is 0 Å². The molecule has 3 N–H and O–H groups in total. The number of carbonyl (C=O) groups is 1. The number of carbonyl (C=O) groups excluding carboxylic acids is 1. The zero-order chi connectivity index (χ0) is 17.2. The lowest BCUT2D eigenvalue weighted by Crippen LogP contribution is -2.45. The zero-order valence-electron chi connectivity index (χ0n) is 13.7. The Morgan fingerprint density at radius 3 is 3.00 bits per heavy atom. The van der Waals surface area contributed by atoms with Crippen molar-refractivity contribution >= 4 is 28.9 Å². The minimum Gasteiger partial charge on any atom is -0.386 e. The topological polar surface area (TPSA) is 90.4 Å². The molecule has 128 valence electrons. The van der Waals surface area contributed by atoms with E-state index < -0.39 is 5.60 Å². The first-order chi connectivity index (χ1) is 11.5. The molecule has 2 aromatic rings. The molecule has 24 heavy (non-hydrogen) atoms. The van der Waals surface area contributed by atoms with Crippen molar-refractivity contribution in [1.29, 1.82) is 0 Å². The standard InChI is InChI=1S/C16H21N5O2S/c1-11-5-12(24-7-11)15(22)18-8-16(23)3-4-21(9-16)14-6-13(17-2)19-10-20-14/h5-7,10,23H,3-4,8-9H2,1-2H3,(H,18,22)(H,17,19,20)/t16-/m0/s1. The number of hydrogen-bond acceptors (Lipinski definition) is 7. The summed E-state index contributed by atoms with van der Waals surface area (Å²) in [5, 5.41) is 18.5. The van der Waals surface area contributed by atoms with Crippen molar-refractivity contribution < 1.29 is 9.90 Å². The summed E-state index contributed by atoms with van der Waals surface area (Å²) in [6.45, 7) is 3.29. The van der Waals surface area contributed by atoms with E-state index in [-0.39, 0.29) is 12.5 Å². The third kappa shape index (κ3) is 3.65. The number of aryl methyl sites for hydroxylation is 1. The smallest absolute Gasteiger partial charge is 0.261 e. The Bertz CT molecular complexity index is 735. The van der Waals surface area contributed by atoms with Gasteiger partial charge in [-0.25, -0.2) is 9.97 Å². The lowest BCUT2D eigenvalue weighted by Gasteiger charge is -2.24. The van der Waals surface area contributed by atoms with Gasteiger partial charge in [0.25, 0.3) is 5.91 Å². The normalized spacial score (nSPS) is 20.2. The Labute approximate surface area is 144 Å². The molecule has 3 rings (SSSR count). The summed E-state index contributed by atoms with van der Waals surface area (Å²) in [5.74, 6) is 1.36. The quantitative estimate of drug-likeness (QED) is 0.754. The highest BCUT2D eigenvalue weighted by molar-refractivity contribution is 7.12. The fraction of sp³-hybridized carbons (Fsp3) is 0.438. The summed E-state index contributed by atoms with van der Waals surface area (Å²) in [4.78, 5) is 23.2. The van der Waals surface area contributed by atoms with Crippen molar-refractivity contribution in [2.75, 3.05) is 36.9 Å². The molecule has 0 spiro atoms. The molecule has 2 aromatic heterocycles. The molecule has 1 aliphatic heterocycles. The first kappa shape index (κ1) is 16.7. The molecule has 1 fully saturated rings. The summed E-state index contributed by atoms with van der Waals surface area (Å²) in [7, 11) is 1.80. The Balaban J connectivity index is 1.60. The molecule has 0 unspecified atom stereocenters. The van der Waals surface area contributed by atoms with Crippen LogP contribution in [0.3, 0.4) is 0 Å². The first-order valence-electron chi connectivity index (χ1n) is 7.79. The van der Waals surface area contributed by atoms with E-state index in [0.29, 0.717) is 24.4 Å². The maximum absolute atomic E-state index is 12.1. The van der Waals surface area contributed by atoms with Gasteiger partial charge in [-0.15, -0.1) is 11.3 Å². The zero-order valence-corrected chi connectivity index (χ0v) is 14.6. The van der Waals surface area contributed by atoms with Crippen LogP contribution >= 0.6 is 11.3 Å². The predicted octanol–water partition coefficient (Wildman–Crippen LogP) is 1.26. The number of aromatic nitrogens is 2. The van der Waals surface area contributed by atoms with Crippen molar-refractivity contribution in [2.45, 2.75) is 18.9 Å². The fourth-order valence-electron chi connectivity index (χ4n) is 2.74. The minimum atomic E-state index is -0.952. The van der Waals surface area contributed by atoms with Gasteiger partial charge in [0, 0.05) is 32.7 Å². The van der Waals surface area contributed by atoms with Gasteiger partial charge in [-0.05, 0) is 30.4 Å². The van der Waals surface area contributed by atoms with Gasteiger partial charge >= 0.3 is 0 Å². The van der Waals surface area contributed by atoms with Gasteiger partial charge in [0.1, 0.15) is 23.6 Å². The number of β-amino-alcohol motifs (C(OH)–C–C–N with tert-alkyl or cyclic N) is 1. The number of nitrogens with one attached hydrogen (secondary N) is 2. The summed E-state index contributed by atoms with van der Waals surface area (Å²) in [5.41, 5.74) is 0.118. The van der Waals surface area contributed by atoms with E-state index in [2.05, 4.69) is 20.6 Å². The summed E-state index contributed by atoms with van der Waals surface area (Å²) in [6.07, 6.45) is 2.08. The van der Waals surface area contributed by atoms with Crippen molar-refractivity contribution in [2.24, 2.45) is 0 Å². The van der Waals surface area contributed by atoms with Crippen molar-refractivity contribution in [3.8, 4) is 0 Å². The van der Waals surface area contributed by atoms with Crippen LogP contribution in [0.15, 0.2) is 23.8 Å². The Morgan fingerprint density at radius 1 is 1.46 bits per heavy atom. The molecule has 1 aliphatic rings. The van der Waals surface area contributed by atoms with Crippen LogP contribution in [0.1, 0.15) is 21.7 Å². The highest BCUT2D eigenvalue weighted by Gasteiger charge is 2.37. The maximum atomic E-state index is 12.1. The van der Waals surface area contributed by atoms with E-state index in [1.807, 2.05) is 29.3 Å². The Morgan fingerprint density at radius 2 is 2.29 bits per heavy atom. The molecular formula is C16H21N5O2S. The average Bonchev–Trinajstić information content (AvgIpc) is 3.19. The molecule has 7 nitrogen and oxygen atoms in total. The third-order valence-electron chi connectivity index (χ3n) is 4.10. The number of anilines is 2. The van der Waals surface area contributed by atoms with Gasteiger partial charge in [-0.1, -0.05) is 0 Å². The second-order valence-corrected chi connectivity index (χ2v) is 6.99.